The molecule has 0 aromatic heterocycles. The van der Waals surface area contributed by atoms with Crippen LogP contribution in [0.1, 0.15) is 102 Å². The second-order valence-electron chi connectivity index (χ2n) is 10.8. The molecule has 2 fully saturated rings. The molecule has 168 valence electrons. The quantitative estimate of drug-likeness (QED) is 0.513. The lowest BCUT2D eigenvalue weighted by Gasteiger charge is -2.50. The fourth-order valence-electron chi connectivity index (χ4n) is 7.31. The highest BCUT2D eigenvalue weighted by Gasteiger charge is 2.63. The molecule has 0 radical (unpaired) electrons. The number of hydrogen-bond acceptors (Lipinski definition) is 3. The standard InChI is InChI=1S/C27H42O3/c1-4-5-6-7-8-9-15-27(29)18-24-23-12-10-19-17-20(30-3)11-13-21(19)22(23)14-16-26(24,2)25(27)28/h11,13,17,22-25,28-29H,4-10,12,14-16,18H2,1-3H3/t22-,23-,24+,25-,26+,27+/m1/s1. The van der Waals surface area contributed by atoms with Crippen LogP contribution in [-0.2, 0) is 6.42 Å². The van der Waals surface area contributed by atoms with Crippen LogP contribution >= 0.6 is 0 Å². The van der Waals surface area contributed by atoms with Gasteiger partial charge in [-0.05, 0) is 85.0 Å². The molecule has 2 saturated carbocycles. The Morgan fingerprint density at radius 2 is 1.87 bits per heavy atom. The van der Waals surface area contributed by atoms with E-state index in [0.717, 1.165) is 44.3 Å². The Morgan fingerprint density at radius 3 is 2.63 bits per heavy atom. The van der Waals surface area contributed by atoms with Crippen molar-refractivity contribution in [3.63, 3.8) is 0 Å². The van der Waals surface area contributed by atoms with E-state index in [1.807, 2.05) is 0 Å². The first kappa shape index (κ1) is 22.1. The first-order valence-corrected chi connectivity index (χ1v) is 12.5. The largest absolute Gasteiger partial charge is 0.497 e. The number of benzene rings is 1. The average molecular weight is 415 g/mol. The lowest BCUT2D eigenvalue weighted by atomic mass is 9.55. The van der Waals surface area contributed by atoms with Crippen LogP contribution in [0.4, 0.5) is 0 Å². The van der Waals surface area contributed by atoms with Gasteiger partial charge in [-0.1, -0.05) is 58.4 Å². The Hall–Kier alpha value is -1.06. The van der Waals surface area contributed by atoms with E-state index in [9.17, 15) is 10.2 Å². The highest BCUT2D eigenvalue weighted by atomic mass is 16.5. The molecule has 0 unspecified atom stereocenters. The molecule has 4 rings (SSSR count). The summed E-state index contributed by atoms with van der Waals surface area (Å²) in [4.78, 5) is 0. The molecule has 0 spiro atoms. The van der Waals surface area contributed by atoms with E-state index in [2.05, 4.69) is 32.0 Å². The summed E-state index contributed by atoms with van der Waals surface area (Å²) in [6, 6.07) is 6.60. The molecule has 3 aliphatic carbocycles. The smallest absolute Gasteiger partial charge is 0.119 e. The number of rotatable bonds is 8. The Kier molecular flexibility index (Phi) is 6.51. The number of methoxy groups -OCH3 is 1. The van der Waals surface area contributed by atoms with Gasteiger partial charge in [-0.15, -0.1) is 0 Å². The average Bonchev–Trinajstić information content (AvgIpc) is 2.96. The molecule has 1 aromatic carbocycles. The third-order valence-corrected chi connectivity index (χ3v) is 9.04. The predicted octanol–water partition coefficient (Wildman–Crippen LogP) is 6.00. The Bertz CT molecular complexity index is 731. The number of aryl methyl sites for hydroxylation is 1. The lowest BCUT2D eigenvalue weighted by molar-refractivity contribution is -0.104. The molecule has 0 aliphatic heterocycles. The Labute approximate surface area is 183 Å². The van der Waals surface area contributed by atoms with Crippen LogP contribution in [-0.4, -0.2) is 29.0 Å². The van der Waals surface area contributed by atoms with Gasteiger partial charge >= 0.3 is 0 Å². The van der Waals surface area contributed by atoms with Crippen molar-refractivity contribution in [2.45, 2.75) is 109 Å². The molecule has 0 bridgehead atoms. The van der Waals surface area contributed by atoms with Gasteiger partial charge in [0, 0.05) is 0 Å². The molecule has 30 heavy (non-hydrogen) atoms. The SMILES string of the molecule is CCCCCCCC[C@]1(O)C[C@H]2[C@@H]3CCc4cc(OC)ccc4[C@H]3CC[C@]2(C)[C@H]1O. The zero-order valence-electron chi connectivity index (χ0n) is 19.3. The highest BCUT2D eigenvalue weighted by Crippen LogP contribution is 2.63. The first-order valence-electron chi connectivity index (χ1n) is 12.5. The highest BCUT2D eigenvalue weighted by molar-refractivity contribution is 5.41. The summed E-state index contributed by atoms with van der Waals surface area (Å²) < 4.78 is 5.45. The summed E-state index contributed by atoms with van der Waals surface area (Å²) in [6.45, 7) is 4.51. The molecule has 0 amide bonds. The van der Waals surface area contributed by atoms with Crippen molar-refractivity contribution >= 4 is 0 Å². The number of aliphatic hydroxyl groups is 2. The van der Waals surface area contributed by atoms with Crippen molar-refractivity contribution in [2.75, 3.05) is 7.11 Å². The van der Waals surface area contributed by atoms with Crippen molar-refractivity contribution in [2.24, 2.45) is 17.3 Å². The minimum absolute atomic E-state index is 0.137. The third-order valence-electron chi connectivity index (χ3n) is 9.04. The second-order valence-corrected chi connectivity index (χ2v) is 10.8. The van der Waals surface area contributed by atoms with E-state index in [-0.39, 0.29) is 5.41 Å². The van der Waals surface area contributed by atoms with Crippen molar-refractivity contribution < 1.29 is 14.9 Å². The van der Waals surface area contributed by atoms with Gasteiger partial charge in [0.25, 0.3) is 0 Å². The van der Waals surface area contributed by atoms with Gasteiger partial charge in [0.1, 0.15) is 5.75 Å². The fourth-order valence-corrected chi connectivity index (χ4v) is 7.31. The lowest BCUT2D eigenvalue weighted by Crippen LogP contribution is -2.47. The van der Waals surface area contributed by atoms with Crippen molar-refractivity contribution in [3.8, 4) is 5.75 Å². The van der Waals surface area contributed by atoms with Crippen molar-refractivity contribution in [3.05, 3.63) is 29.3 Å². The predicted molar refractivity (Wildman–Crippen MR) is 122 cm³/mol. The molecular formula is C27H42O3. The molecule has 3 nitrogen and oxygen atoms in total. The van der Waals surface area contributed by atoms with Crippen molar-refractivity contribution in [1.82, 2.24) is 0 Å². The van der Waals surface area contributed by atoms with Crippen LogP contribution < -0.4 is 4.74 Å². The van der Waals surface area contributed by atoms with Crippen LogP contribution in [0.2, 0.25) is 0 Å². The molecule has 3 heteroatoms. The van der Waals surface area contributed by atoms with Gasteiger partial charge in [0.05, 0.1) is 18.8 Å². The Balaban J connectivity index is 1.47. The van der Waals surface area contributed by atoms with Crippen LogP contribution in [0.15, 0.2) is 18.2 Å². The fraction of sp³-hybridized carbons (Fsp3) is 0.778. The van der Waals surface area contributed by atoms with Gasteiger partial charge in [0.2, 0.25) is 0 Å². The molecule has 0 heterocycles. The van der Waals surface area contributed by atoms with E-state index < -0.39 is 11.7 Å². The number of hydrogen-bond donors (Lipinski definition) is 2. The van der Waals surface area contributed by atoms with Gasteiger partial charge < -0.3 is 14.9 Å². The topological polar surface area (TPSA) is 49.7 Å². The van der Waals surface area contributed by atoms with E-state index in [1.54, 1.807) is 7.11 Å². The van der Waals surface area contributed by atoms with Crippen LogP contribution in [0, 0.1) is 17.3 Å². The van der Waals surface area contributed by atoms with Gasteiger partial charge in [-0.3, -0.25) is 0 Å². The maximum absolute atomic E-state index is 11.5. The first-order chi connectivity index (χ1) is 14.4. The molecule has 6 atom stereocenters. The molecule has 2 N–H and O–H groups in total. The van der Waals surface area contributed by atoms with Crippen molar-refractivity contribution in [1.29, 1.82) is 0 Å². The van der Waals surface area contributed by atoms with Crippen LogP contribution in [0.25, 0.3) is 0 Å². The maximum Gasteiger partial charge on any atom is 0.119 e. The van der Waals surface area contributed by atoms with E-state index in [4.69, 9.17) is 4.74 Å². The number of fused-ring (bicyclic) bond motifs is 5. The van der Waals surface area contributed by atoms with Gasteiger partial charge in [0.15, 0.2) is 0 Å². The monoisotopic (exact) mass is 414 g/mol. The second kappa shape index (κ2) is 8.82. The normalized spacial score (nSPS) is 37.4. The summed E-state index contributed by atoms with van der Waals surface area (Å²) >= 11 is 0. The zero-order valence-corrected chi connectivity index (χ0v) is 19.3. The molecular weight excluding hydrogens is 372 g/mol. The number of aliphatic hydroxyl groups excluding tert-OH is 1. The Morgan fingerprint density at radius 1 is 1.10 bits per heavy atom. The van der Waals surface area contributed by atoms with Crippen LogP contribution in [0.3, 0.4) is 0 Å². The number of ether oxygens (including phenoxy) is 1. The summed E-state index contributed by atoms with van der Waals surface area (Å²) in [5, 5.41) is 22.9. The molecule has 0 saturated heterocycles. The van der Waals surface area contributed by atoms with Gasteiger partial charge in [-0.2, -0.15) is 0 Å². The number of unbranched alkanes of at least 4 members (excludes halogenated alkanes) is 5. The summed E-state index contributed by atoms with van der Waals surface area (Å²) in [5.41, 5.74) is 1.91. The minimum Gasteiger partial charge on any atom is -0.497 e. The molecule has 3 aliphatic rings. The summed E-state index contributed by atoms with van der Waals surface area (Å²) in [7, 11) is 1.74. The van der Waals surface area contributed by atoms with Crippen LogP contribution in [0.5, 0.6) is 5.75 Å². The summed E-state index contributed by atoms with van der Waals surface area (Å²) in [6.07, 6.45) is 12.7. The third kappa shape index (κ3) is 3.81. The minimum atomic E-state index is -0.890. The summed E-state index contributed by atoms with van der Waals surface area (Å²) in [5.74, 6) is 2.53. The zero-order chi connectivity index (χ0) is 21.4. The van der Waals surface area contributed by atoms with Gasteiger partial charge in [-0.25, -0.2) is 0 Å². The maximum atomic E-state index is 11.5. The van der Waals surface area contributed by atoms with E-state index in [0.29, 0.717) is 17.8 Å². The van der Waals surface area contributed by atoms with E-state index in [1.165, 1.54) is 49.7 Å². The van der Waals surface area contributed by atoms with E-state index >= 15 is 0 Å². The molecule has 1 aromatic rings.